The van der Waals surface area contributed by atoms with Gasteiger partial charge >= 0.3 is 0 Å². The maximum absolute atomic E-state index is 13.7. The molecule has 19 heavy (non-hydrogen) atoms. The summed E-state index contributed by atoms with van der Waals surface area (Å²) in [5.74, 6) is -3.97. The molecule has 1 nitrogen and oxygen atoms in total. The van der Waals surface area contributed by atoms with Gasteiger partial charge in [-0.05, 0) is 30.3 Å². The highest BCUT2D eigenvalue weighted by Crippen LogP contribution is 2.24. The zero-order valence-electron chi connectivity index (χ0n) is 9.18. The van der Waals surface area contributed by atoms with E-state index in [1.54, 1.807) is 0 Å². The highest BCUT2D eigenvalue weighted by atomic mass is 79.9. The van der Waals surface area contributed by atoms with Crippen molar-refractivity contribution in [3.8, 4) is 0 Å². The van der Waals surface area contributed by atoms with Crippen LogP contribution in [0.5, 0.6) is 0 Å². The Labute approximate surface area is 123 Å². The highest BCUT2D eigenvalue weighted by Gasteiger charge is 2.22. The van der Waals surface area contributed by atoms with Crippen LogP contribution in [0.4, 0.5) is 13.2 Å². The zero-order valence-corrected chi connectivity index (χ0v) is 12.4. The Bertz CT molecular complexity index is 648. The molecule has 0 saturated carbocycles. The fraction of sp³-hybridized carbons (Fsp3) is 0. The van der Waals surface area contributed by atoms with E-state index in [0.717, 1.165) is 18.2 Å². The van der Waals surface area contributed by atoms with Gasteiger partial charge in [-0.3, -0.25) is 4.79 Å². The molecule has 0 fully saturated rings. The van der Waals surface area contributed by atoms with Crippen molar-refractivity contribution in [1.82, 2.24) is 0 Å². The molecule has 0 aliphatic carbocycles. The molecular formula is C13H5Br2F3O. The van der Waals surface area contributed by atoms with E-state index >= 15 is 0 Å². The molecule has 0 N–H and O–H groups in total. The second-order valence-electron chi connectivity index (χ2n) is 3.70. The van der Waals surface area contributed by atoms with Crippen molar-refractivity contribution in [3.63, 3.8) is 0 Å². The molecule has 0 amide bonds. The predicted octanol–water partition coefficient (Wildman–Crippen LogP) is 4.86. The number of halogens is 5. The van der Waals surface area contributed by atoms with Crippen LogP contribution in [0.15, 0.2) is 39.3 Å². The minimum absolute atomic E-state index is 0.161. The lowest BCUT2D eigenvalue weighted by Crippen LogP contribution is -2.09. The topological polar surface area (TPSA) is 17.1 Å². The monoisotopic (exact) mass is 392 g/mol. The molecule has 0 spiro atoms. The molecule has 2 rings (SSSR count). The Hall–Kier alpha value is -1.14. The molecule has 2 aromatic rings. The molecule has 2 aromatic carbocycles. The molecule has 0 aromatic heterocycles. The standard InChI is InChI=1S/C13H5Br2F3O/c14-6-1-2-9(16)8(3-6)13(19)12-10(17)4-7(15)5-11(12)18/h1-5H. The number of carbonyl (C=O) groups excluding carboxylic acids is 1. The van der Waals surface area contributed by atoms with Gasteiger partial charge in [0.25, 0.3) is 0 Å². The average Bonchev–Trinajstić information content (AvgIpc) is 2.30. The van der Waals surface area contributed by atoms with Gasteiger partial charge in [0.15, 0.2) is 0 Å². The number of rotatable bonds is 2. The summed E-state index contributed by atoms with van der Waals surface area (Å²) in [6.45, 7) is 0. The molecule has 0 aliphatic rings. The summed E-state index contributed by atoms with van der Waals surface area (Å²) >= 11 is 5.98. The van der Waals surface area contributed by atoms with Crippen molar-refractivity contribution in [2.45, 2.75) is 0 Å². The van der Waals surface area contributed by atoms with Crippen LogP contribution in [0.1, 0.15) is 15.9 Å². The number of hydrogen-bond donors (Lipinski definition) is 0. The number of benzene rings is 2. The molecule has 0 saturated heterocycles. The Balaban J connectivity index is 2.59. The van der Waals surface area contributed by atoms with Crippen molar-refractivity contribution < 1.29 is 18.0 Å². The lowest BCUT2D eigenvalue weighted by atomic mass is 10.0. The normalized spacial score (nSPS) is 10.6. The average molecular weight is 394 g/mol. The van der Waals surface area contributed by atoms with Gasteiger partial charge in [0.1, 0.15) is 17.5 Å². The van der Waals surface area contributed by atoms with Crippen LogP contribution in [0.2, 0.25) is 0 Å². The Morgan fingerprint density at radius 1 is 0.842 bits per heavy atom. The van der Waals surface area contributed by atoms with E-state index in [9.17, 15) is 18.0 Å². The van der Waals surface area contributed by atoms with Crippen molar-refractivity contribution in [1.29, 1.82) is 0 Å². The van der Waals surface area contributed by atoms with Crippen LogP contribution in [0.3, 0.4) is 0 Å². The largest absolute Gasteiger partial charge is 0.288 e. The quantitative estimate of drug-likeness (QED) is 0.666. The molecule has 0 atom stereocenters. The van der Waals surface area contributed by atoms with E-state index in [0.29, 0.717) is 4.47 Å². The van der Waals surface area contributed by atoms with E-state index < -0.39 is 34.4 Å². The maximum Gasteiger partial charge on any atom is 0.201 e. The van der Waals surface area contributed by atoms with E-state index in [-0.39, 0.29) is 4.47 Å². The molecule has 0 aliphatic heterocycles. The first-order valence-electron chi connectivity index (χ1n) is 5.04. The minimum Gasteiger partial charge on any atom is -0.288 e. The molecular weight excluding hydrogens is 389 g/mol. The second-order valence-corrected chi connectivity index (χ2v) is 5.53. The lowest BCUT2D eigenvalue weighted by Gasteiger charge is -2.06. The second kappa shape index (κ2) is 5.46. The Kier molecular flexibility index (Phi) is 4.10. The van der Waals surface area contributed by atoms with Crippen LogP contribution in [0, 0.1) is 17.5 Å². The molecule has 0 bridgehead atoms. The van der Waals surface area contributed by atoms with Gasteiger partial charge < -0.3 is 0 Å². The highest BCUT2D eigenvalue weighted by molar-refractivity contribution is 9.10. The third-order valence-corrected chi connectivity index (χ3v) is 3.36. The van der Waals surface area contributed by atoms with E-state index in [1.807, 2.05) is 0 Å². The van der Waals surface area contributed by atoms with Crippen LogP contribution in [-0.2, 0) is 0 Å². The summed E-state index contributed by atoms with van der Waals surface area (Å²) in [7, 11) is 0. The first kappa shape index (κ1) is 14.3. The van der Waals surface area contributed by atoms with Gasteiger partial charge in [-0.2, -0.15) is 0 Å². The van der Waals surface area contributed by atoms with Crippen molar-refractivity contribution in [2.75, 3.05) is 0 Å². The van der Waals surface area contributed by atoms with Gasteiger partial charge in [-0.1, -0.05) is 31.9 Å². The molecule has 0 radical (unpaired) electrons. The van der Waals surface area contributed by atoms with Gasteiger partial charge in [0, 0.05) is 8.95 Å². The van der Waals surface area contributed by atoms with E-state index in [1.165, 1.54) is 12.1 Å². The fourth-order valence-corrected chi connectivity index (χ4v) is 2.33. The first-order valence-corrected chi connectivity index (χ1v) is 6.63. The minimum atomic E-state index is -1.05. The summed E-state index contributed by atoms with van der Waals surface area (Å²) in [6.07, 6.45) is 0. The van der Waals surface area contributed by atoms with Gasteiger partial charge in [0.2, 0.25) is 5.78 Å². The van der Waals surface area contributed by atoms with Gasteiger partial charge in [-0.15, -0.1) is 0 Å². The summed E-state index contributed by atoms with van der Waals surface area (Å²) in [5.41, 5.74) is -1.17. The van der Waals surface area contributed by atoms with Crippen LogP contribution in [-0.4, -0.2) is 5.78 Å². The number of hydrogen-bond acceptors (Lipinski definition) is 1. The maximum atomic E-state index is 13.7. The molecule has 98 valence electrons. The van der Waals surface area contributed by atoms with Crippen LogP contribution in [0.25, 0.3) is 0 Å². The third-order valence-electron chi connectivity index (χ3n) is 2.41. The SMILES string of the molecule is O=C(c1cc(Br)ccc1F)c1c(F)cc(Br)cc1F. The Morgan fingerprint density at radius 3 is 2.00 bits per heavy atom. The van der Waals surface area contributed by atoms with Crippen LogP contribution >= 0.6 is 31.9 Å². The summed E-state index contributed by atoms with van der Waals surface area (Å²) in [6, 6.07) is 5.52. The molecule has 0 unspecified atom stereocenters. The van der Waals surface area contributed by atoms with Gasteiger partial charge in [0.05, 0.1) is 11.1 Å². The van der Waals surface area contributed by atoms with Crippen molar-refractivity contribution >= 4 is 37.6 Å². The lowest BCUT2D eigenvalue weighted by molar-refractivity contribution is 0.102. The van der Waals surface area contributed by atoms with E-state index in [4.69, 9.17) is 0 Å². The Morgan fingerprint density at radius 2 is 1.42 bits per heavy atom. The third kappa shape index (κ3) is 2.90. The smallest absolute Gasteiger partial charge is 0.201 e. The predicted molar refractivity (Wildman–Crippen MR) is 71.6 cm³/mol. The zero-order chi connectivity index (χ0) is 14.2. The molecule has 0 heterocycles. The van der Waals surface area contributed by atoms with Crippen LogP contribution < -0.4 is 0 Å². The first-order chi connectivity index (χ1) is 8.90. The summed E-state index contributed by atoms with van der Waals surface area (Å²) < 4.78 is 41.5. The fourth-order valence-electron chi connectivity index (χ4n) is 1.57. The number of ketones is 1. The summed E-state index contributed by atoms with van der Waals surface area (Å²) in [5, 5.41) is 0. The van der Waals surface area contributed by atoms with Crippen molar-refractivity contribution in [3.05, 3.63) is 67.9 Å². The van der Waals surface area contributed by atoms with Crippen molar-refractivity contribution in [2.24, 2.45) is 0 Å². The number of carbonyl (C=O) groups is 1. The molecule has 6 heteroatoms. The van der Waals surface area contributed by atoms with Gasteiger partial charge in [-0.25, -0.2) is 13.2 Å². The summed E-state index contributed by atoms with van der Waals surface area (Å²) in [4.78, 5) is 12.0. The van der Waals surface area contributed by atoms with E-state index in [2.05, 4.69) is 31.9 Å².